The number of carbonyl (C=O) groups is 2. The first-order valence-corrected chi connectivity index (χ1v) is 7.45. The number of halogens is 4. The molecule has 0 saturated carbocycles. The predicted octanol–water partition coefficient (Wildman–Crippen LogP) is 2.71. The first-order valence-electron chi connectivity index (χ1n) is 7.07. The average Bonchev–Trinajstić information content (AvgIpc) is 2.43. The summed E-state index contributed by atoms with van der Waals surface area (Å²) in [5.74, 6) is -0.876. The SMILES string of the molecule is CC(=O)N(CCN(C)C)CC(=O)Nc1ccc(Cl)c(C(F)(F)F)c1. The van der Waals surface area contributed by atoms with Crippen LogP contribution in [0.25, 0.3) is 0 Å². The van der Waals surface area contributed by atoms with Crippen molar-refractivity contribution in [3.8, 4) is 0 Å². The quantitative estimate of drug-likeness (QED) is 0.843. The Labute approximate surface area is 143 Å². The molecule has 0 spiro atoms. The maximum Gasteiger partial charge on any atom is 0.417 e. The highest BCUT2D eigenvalue weighted by atomic mass is 35.5. The molecule has 2 amide bonds. The van der Waals surface area contributed by atoms with Crippen molar-refractivity contribution in [3.63, 3.8) is 0 Å². The minimum atomic E-state index is -4.62. The summed E-state index contributed by atoms with van der Waals surface area (Å²) in [6, 6.07) is 3.10. The summed E-state index contributed by atoms with van der Waals surface area (Å²) in [6.07, 6.45) is -4.62. The molecule has 0 heterocycles. The van der Waals surface area contributed by atoms with Crippen molar-refractivity contribution in [1.82, 2.24) is 9.80 Å². The number of hydrogen-bond acceptors (Lipinski definition) is 3. The van der Waals surface area contributed by atoms with Gasteiger partial charge < -0.3 is 15.1 Å². The van der Waals surface area contributed by atoms with Crippen LogP contribution < -0.4 is 5.32 Å². The Morgan fingerprint density at radius 3 is 2.33 bits per heavy atom. The molecule has 0 aromatic heterocycles. The average molecular weight is 366 g/mol. The molecule has 1 aromatic rings. The van der Waals surface area contributed by atoms with E-state index in [1.54, 1.807) is 0 Å². The highest BCUT2D eigenvalue weighted by Gasteiger charge is 2.33. The number of nitrogens with one attached hydrogen (secondary N) is 1. The first kappa shape index (κ1) is 20.2. The van der Waals surface area contributed by atoms with Gasteiger partial charge in [-0.15, -0.1) is 0 Å². The second-order valence-electron chi connectivity index (χ2n) is 5.48. The third kappa shape index (κ3) is 6.37. The van der Waals surface area contributed by atoms with Crippen LogP contribution in [-0.4, -0.2) is 55.3 Å². The van der Waals surface area contributed by atoms with E-state index in [2.05, 4.69) is 5.32 Å². The predicted molar refractivity (Wildman–Crippen MR) is 85.9 cm³/mol. The van der Waals surface area contributed by atoms with Crippen molar-refractivity contribution in [2.24, 2.45) is 0 Å². The van der Waals surface area contributed by atoms with Crippen LogP contribution in [0.4, 0.5) is 18.9 Å². The van der Waals surface area contributed by atoms with Gasteiger partial charge in [0.05, 0.1) is 17.1 Å². The lowest BCUT2D eigenvalue weighted by Gasteiger charge is -2.22. The van der Waals surface area contributed by atoms with Gasteiger partial charge in [-0.05, 0) is 32.3 Å². The number of rotatable bonds is 6. The van der Waals surface area contributed by atoms with E-state index >= 15 is 0 Å². The Morgan fingerprint density at radius 1 is 1.21 bits per heavy atom. The number of anilines is 1. The van der Waals surface area contributed by atoms with E-state index in [0.717, 1.165) is 12.1 Å². The van der Waals surface area contributed by atoms with Crippen LogP contribution in [0.1, 0.15) is 12.5 Å². The molecule has 5 nitrogen and oxygen atoms in total. The fourth-order valence-electron chi connectivity index (χ4n) is 1.86. The molecule has 0 bridgehead atoms. The number of likely N-dealkylation sites (N-methyl/N-ethyl adjacent to an activating group) is 1. The van der Waals surface area contributed by atoms with Crippen LogP contribution >= 0.6 is 11.6 Å². The summed E-state index contributed by atoms with van der Waals surface area (Å²) in [6.45, 7) is 1.98. The molecule has 0 fully saturated rings. The molecule has 0 saturated heterocycles. The van der Waals surface area contributed by atoms with Crippen LogP contribution in [0.5, 0.6) is 0 Å². The van der Waals surface area contributed by atoms with Gasteiger partial charge in [0.15, 0.2) is 0 Å². The van der Waals surface area contributed by atoms with E-state index in [9.17, 15) is 22.8 Å². The van der Waals surface area contributed by atoms with Gasteiger partial charge in [0.1, 0.15) is 0 Å². The van der Waals surface area contributed by atoms with Crippen LogP contribution in [0.15, 0.2) is 18.2 Å². The Balaban J connectivity index is 2.78. The van der Waals surface area contributed by atoms with Crippen LogP contribution in [-0.2, 0) is 15.8 Å². The Morgan fingerprint density at radius 2 is 1.83 bits per heavy atom. The Bertz CT molecular complexity index is 606. The van der Waals surface area contributed by atoms with E-state index in [1.807, 2.05) is 19.0 Å². The lowest BCUT2D eigenvalue weighted by atomic mass is 10.2. The van der Waals surface area contributed by atoms with Crippen molar-refractivity contribution >= 4 is 29.1 Å². The molecule has 0 aliphatic rings. The van der Waals surface area contributed by atoms with Crippen molar-refractivity contribution in [1.29, 1.82) is 0 Å². The molecule has 24 heavy (non-hydrogen) atoms. The van der Waals surface area contributed by atoms with E-state index in [4.69, 9.17) is 11.6 Å². The molecule has 1 rings (SSSR count). The summed E-state index contributed by atoms with van der Waals surface area (Å²) in [4.78, 5) is 26.7. The van der Waals surface area contributed by atoms with Gasteiger partial charge in [-0.2, -0.15) is 13.2 Å². The largest absolute Gasteiger partial charge is 0.417 e. The summed E-state index contributed by atoms with van der Waals surface area (Å²) in [7, 11) is 3.65. The van der Waals surface area contributed by atoms with Gasteiger partial charge in [-0.3, -0.25) is 9.59 Å². The van der Waals surface area contributed by atoms with E-state index in [-0.39, 0.29) is 18.1 Å². The summed E-state index contributed by atoms with van der Waals surface area (Å²) in [5, 5.41) is 1.90. The van der Waals surface area contributed by atoms with Crippen molar-refractivity contribution in [2.75, 3.05) is 39.0 Å². The molecule has 1 aromatic carbocycles. The summed E-state index contributed by atoms with van der Waals surface area (Å²) in [5.41, 5.74) is -1.06. The minimum absolute atomic E-state index is 0.0344. The third-order valence-corrected chi connectivity index (χ3v) is 3.48. The number of carbonyl (C=O) groups excluding carboxylic acids is 2. The zero-order valence-electron chi connectivity index (χ0n) is 13.6. The standard InChI is InChI=1S/C15H19ClF3N3O2/c1-10(23)22(7-6-21(2)3)9-14(24)20-11-4-5-13(16)12(8-11)15(17,18)19/h4-5,8H,6-7,9H2,1-3H3,(H,20,24). The molecular weight excluding hydrogens is 347 g/mol. The topological polar surface area (TPSA) is 52.7 Å². The normalized spacial score (nSPS) is 11.5. The summed E-state index contributed by atoms with van der Waals surface area (Å²) >= 11 is 5.52. The number of nitrogens with zero attached hydrogens (tertiary/aromatic N) is 2. The Hall–Kier alpha value is -1.80. The van der Waals surface area contributed by atoms with Gasteiger partial charge in [0.2, 0.25) is 11.8 Å². The minimum Gasteiger partial charge on any atom is -0.332 e. The fourth-order valence-corrected chi connectivity index (χ4v) is 2.09. The van der Waals surface area contributed by atoms with Gasteiger partial charge in [-0.1, -0.05) is 11.6 Å². The fraction of sp³-hybridized carbons (Fsp3) is 0.467. The van der Waals surface area contributed by atoms with Crippen molar-refractivity contribution < 1.29 is 22.8 Å². The zero-order chi connectivity index (χ0) is 18.5. The van der Waals surface area contributed by atoms with E-state index < -0.39 is 22.7 Å². The number of amides is 2. The maximum absolute atomic E-state index is 12.8. The molecule has 0 unspecified atom stereocenters. The molecular formula is C15H19ClF3N3O2. The first-order chi connectivity index (χ1) is 11.0. The van der Waals surface area contributed by atoms with Crippen LogP contribution in [0.3, 0.4) is 0 Å². The van der Waals surface area contributed by atoms with Crippen LogP contribution in [0, 0.1) is 0 Å². The third-order valence-electron chi connectivity index (χ3n) is 3.15. The van der Waals surface area contributed by atoms with Gasteiger partial charge in [-0.25, -0.2) is 0 Å². The van der Waals surface area contributed by atoms with Crippen molar-refractivity contribution in [3.05, 3.63) is 28.8 Å². The van der Waals surface area contributed by atoms with Gasteiger partial charge >= 0.3 is 6.18 Å². The monoisotopic (exact) mass is 365 g/mol. The number of hydrogen-bond donors (Lipinski definition) is 1. The second kappa shape index (κ2) is 8.34. The smallest absolute Gasteiger partial charge is 0.332 e. The second-order valence-corrected chi connectivity index (χ2v) is 5.89. The zero-order valence-corrected chi connectivity index (χ0v) is 14.3. The van der Waals surface area contributed by atoms with Gasteiger partial charge in [0.25, 0.3) is 0 Å². The van der Waals surface area contributed by atoms with Crippen molar-refractivity contribution in [2.45, 2.75) is 13.1 Å². The molecule has 0 atom stereocenters. The molecule has 0 aliphatic carbocycles. The molecule has 1 N–H and O–H groups in total. The van der Waals surface area contributed by atoms with E-state index in [0.29, 0.717) is 13.1 Å². The highest BCUT2D eigenvalue weighted by Crippen LogP contribution is 2.36. The lowest BCUT2D eigenvalue weighted by Crippen LogP contribution is -2.40. The highest BCUT2D eigenvalue weighted by molar-refractivity contribution is 6.31. The molecule has 0 radical (unpaired) electrons. The Kier molecular flexibility index (Phi) is 7.04. The number of benzene rings is 1. The molecule has 0 aliphatic heterocycles. The molecule has 134 valence electrons. The maximum atomic E-state index is 12.8. The lowest BCUT2D eigenvalue weighted by molar-refractivity contribution is -0.137. The summed E-state index contributed by atoms with van der Waals surface area (Å²) < 4.78 is 38.4. The van der Waals surface area contributed by atoms with Crippen LogP contribution in [0.2, 0.25) is 5.02 Å². The van der Waals surface area contributed by atoms with E-state index in [1.165, 1.54) is 17.9 Å². The van der Waals surface area contributed by atoms with Gasteiger partial charge in [0, 0.05) is 25.7 Å². The number of alkyl halides is 3. The molecule has 9 heteroatoms.